The zero-order valence-corrected chi connectivity index (χ0v) is 23.7. The van der Waals surface area contributed by atoms with Crippen molar-refractivity contribution < 1.29 is 24.5 Å². The molecule has 0 spiro atoms. The lowest BCUT2D eigenvalue weighted by Gasteiger charge is -2.25. The number of aliphatic hydroxyl groups is 2. The van der Waals surface area contributed by atoms with Crippen LogP contribution in [-0.4, -0.2) is 65.5 Å². The maximum atomic E-state index is 13.0. The molecule has 10 heteroatoms. The summed E-state index contributed by atoms with van der Waals surface area (Å²) < 4.78 is 5.81. The Morgan fingerprint density at radius 2 is 1.62 bits per heavy atom. The molecular weight excluding hydrogens is 564 g/mol. The summed E-state index contributed by atoms with van der Waals surface area (Å²) in [6.07, 6.45) is 0.456. The normalized spacial score (nSPS) is 12.8. The number of methoxy groups -OCH3 is 1. The molecule has 0 saturated heterocycles. The number of amides is 2. The van der Waals surface area contributed by atoms with Crippen molar-refractivity contribution >= 4 is 39.6 Å². The summed E-state index contributed by atoms with van der Waals surface area (Å²) in [6, 6.07) is 19.2. The first-order valence-electron chi connectivity index (χ1n) is 12.4. The SMILES string of the molecule is COc1ccc(/C=N/NC(=O)c2cc(Br)ccc2NC(=O)c2ccc(CN(CC(C)O)CC(C)O)cc2)cc1. The van der Waals surface area contributed by atoms with Gasteiger partial charge in [-0.1, -0.05) is 28.1 Å². The molecule has 0 aromatic heterocycles. The van der Waals surface area contributed by atoms with Crippen molar-refractivity contribution in [3.05, 3.63) is 93.5 Å². The molecule has 2 unspecified atom stereocenters. The topological polar surface area (TPSA) is 123 Å². The number of carbonyl (C=O) groups excluding carboxylic acids is 2. The van der Waals surface area contributed by atoms with E-state index in [0.717, 1.165) is 16.9 Å². The van der Waals surface area contributed by atoms with Gasteiger partial charge in [-0.3, -0.25) is 14.5 Å². The highest BCUT2D eigenvalue weighted by Gasteiger charge is 2.16. The molecule has 0 aliphatic heterocycles. The van der Waals surface area contributed by atoms with Crippen LogP contribution in [0.3, 0.4) is 0 Å². The van der Waals surface area contributed by atoms with Crippen molar-refractivity contribution in [2.24, 2.45) is 5.10 Å². The third-order valence-electron chi connectivity index (χ3n) is 5.64. The Morgan fingerprint density at radius 1 is 0.974 bits per heavy atom. The van der Waals surface area contributed by atoms with Gasteiger partial charge in [0, 0.05) is 29.7 Å². The van der Waals surface area contributed by atoms with E-state index >= 15 is 0 Å². The fraction of sp³-hybridized carbons (Fsp3) is 0.276. The average Bonchev–Trinajstić information content (AvgIpc) is 2.89. The minimum atomic E-state index is -0.528. The van der Waals surface area contributed by atoms with Crippen LogP contribution in [0.1, 0.15) is 45.7 Å². The molecule has 9 nitrogen and oxygen atoms in total. The maximum Gasteiger partial charge on any atom is 0.273 e. The van der Waals surface area contributed by atoms with Gasteiger partial charge in [0.25, 0.3) is 11.8 Å². The van der Waals surface area contributed by atoms with Crippen molar-refractivity contribution in [2.75, 3.05) is 25.5 Å². The van der Waals surface area contributed by atoms with Gasteiger partial charge in [-0.2, -0.15) is 5.10 Å². The number of benzene rings is 3. The summed E-state index contributed by atoms with van der Waals surface area (Å²) in [5.41, 5.74) is 5.21. The Hall–Kier alpha value is -3.57. The van der Waals surface area contributed by atoms with Crippen LogP contribution < -0.4 is 15.5 Å². The molecule has 0 aliphatic carbocycles. The first-order chi connectivity index (χ1) is 18.6. The second kappa shape index (κ2) is 14.5. The molecule has 0 radical (unpaired) electrons. The van der Waals surface area contributed by atoms with Crippen LogP contribution in [-0.2, 0) is 6.54 Å². The summed E-state index contributed by atoms with van der Waals surface area (Å²) in [6.45, 7) is 4.77. The largest absolute Gasteiger partial charge is 0.497 e. The number of nitrogens with zero attached hydrogens (tertiary/aromatic N) is 2. The molecule has 0 aliphatic rings. The highest BCUT2D eigenvalue weighted by atomic mass is 79.9. The highest BCUT2D eigenvalue weighted by molar-refractivity contribution is 9.10. The van der Waals surface area contributed by atoms with Gasteiger partial charge in [0.05, 0.1) is 36.8 Å². The van der Waals surface area contributed by atoms with Gasteiger partial charge in [-0.25, -0.2) is 5.43 Å². The van der Waals surface area contributed by atoms with Crippen molar-refractivity contribution in [3.8, 4) is 5.75 Å². The van der Waals surface area contributed by atoms with Gasteiger partial charge < -0.3 is 20.3 Å². The molecule has 4 N–H and O–H groups in total. The second-order valence-corrected chi connectivity index (χ2v) is 10.1. The van der Waals surface area contributed by atoms with Crippen LogP contribution >= 0.6 is 15.9 Å². The third-order valence-corrected chi connectivity index (χ3v) is 6.13. The number of ether oxygens (including phenoxy) is 1. The average molecular weight is 598 g/mol. The Morgan fingerprint density at radius 3 is 2.21 bits per heavy atom. The maximum absolute atomic E-state index is 13.0. The first-order valence-corrected chi connectivity index (χ1v) is 13.2. The van der Waals surface area contributed by atoms with E-state index in [-0.39, 0.29) is 11.5 Å². The van der Waals surface area contributed by atoms with Gasteiger partial charge in [0.15, 0.2) is 0 Å². The molecule has 3 rings (SSSR count). The van der Waals surface area contributed by atoms with Crippen LogP contribution in [0.15, 0.2) is 76.3 Å². The van der Waals surface area contributed by atoms with E-state index < -0.39 is 18.1 Å². The fourth-order valence-corrected chi connectivity index (χ4v) is 4.26. The number of halogens is 1. The molecule has 0 heterocycles. The number of hydrogen-bond acceptors (Lipinski definition) is 7. The monoisotopic (exact) mass is 596 g/mol. The van der Waals surface area contributed by atoms with E-state index in [4.69, 9.17) is 4.74 Å². The number of hydrogen-bond donors (Lipinski definition) is 4. The lowest BCUT2D eigenvalue weighted by molar-refractivity contribution is 0.0794. The molecule has 2 atom stereocenters. The summed E-state index contributed by atoms with van der Waals surface area (Å²) in [4.78, 5) is 27.8. The number of aliphatic hydroxyl groups excluding tert-OH is 2. The van der Waals surface area contributed by atoms with Crippen molar-refractivity contribution in [1.29, 1.82) is 0 Å². The molecular formula is C29H33BrN4O5. The number of rotatable bonds is 12. The minimum Gasteiger partial charge on any atom is -0.497 e. The predicted molar refractivity (Wildman–Crippen MR) is 155 cm³/mol. The van der Waals surface area contributed by atoms with Crippen LogP contribution in [0.5, 0.6) is 5.75 Å². The van der Waals surface area contributed by atoms with Gasteiger partial charge in [0.2, 0.25) is 0 Å². The van der Waals surface area contributed by atoms with Crippen molar-refractivity contribution in [2.45, 2.75) is 32.6 Å². The number of anilines is 1. The van der Waals surface area contributed by atoms with E-state index in [2.05, 4.69) is 31.8 Å². The van der Waals surface area contributed by atoms with Crippen LogP contribution in [0.2, 0.25) is 0 Å². The first kappa shape index (κ1) is 30.0. The summed E-state index contributed by atoms with van der Waals surface area (Å²) in [5.74, 6) is -0.137. The van der Waals surface area contributed by atoms with Crippen LogP contribution in [0.25, 0.3) is 0 Å². The fourth-order valence-electron chi connectivity index (χ4n) is 3.89. The number of nitrogens with one attached hydrogen (secondary N) is 2. The van der Waals surface area contributed by atoms with Gasteiger partial charge >= 0.3 is 0 Å². The van der Waals surface area contributed by atoms with E-state index in [1.807, 2.05) is 29.2 Å². The molecule has 0 bridgehead atoms. The quantitative estimate of drug-likeness (QED) is 0.185. The number of hydrazone groups is 1. The zero-order valence-electron chi connectivity index (χ0n) is 22.1. The summed E-state index contributed by atoms with van der Waals surface area (Å²) >= 11 is 3.37. The standard InChI is InChI=1S/C29H33BrN4O5/c1-19(35)16-34(17-20(2)36)18-22-4-8-23(9-5-22)28(37)32-27-13-10-24(30)14-26(27)29(38)33-31-15-21-6-11-25(39-3)12-7-21/h4-15,19-20,35-36H,16-18H2,1-3H3,(H,32,37)(H,33,38)/b31-15+. The number of carbonyl (C=O) groups is 2. The summed E-state index contributed by atoms with van der Waals surface area (Å²) in [7, 11) is 1.59. The van der Waals surface area contributed by atoms with Gasteiger partial charge in [0.1, 0.15) is 5.75 Å². The van der Waals surface area contributed by atoms with Crippen molar-refractivity contribution in [1.82, 2.24) is 10.3 Å². The molecule has 0 fully saturated rings. The molecule has 2 amide bonds. The second-order valence-electron chi connectivity index (χ2n) is 9.21. The van der Waals surface area contributed by atoms with E-state index in [0.29, 0.717) is 35.4 Å². The Balaban J connectivity index is 1.67. The Labute approximate surface area is 236 Å². The smallest absolute Gasteiger partial charge is 0.273 e. The van der Waals surface area contributed by atoms with E-state index in [9.17, 15) is 19.8 Å². The molecule has 39 heavy (non-hydrogen) atoms. The molecule has 3 aromatic carbocycles. The lowest BCUT2D eigenvalue weighted by atomic mass is 10.1. The van der Waals surface area contributed by atoms with Crippen molar-refractivity contribution in [3.63, 3.8) is 0 Å². The van der Waals surface area contributed by atoms with E-state index in [1.54, 1.807) is 63.4 Å². The third kappa shape index (κ3) is 9.60. The molecule has 206 valence electrons. The van der Waals surface area contributed by atoms with Crippen LogP contribution in [0.4, 0.5) is 5.69 Å². The predicted octanol–water partition coefficient (Wildman–Crippen LogP) is 4.04. The Bertz CT molecular complexity index is 1270. The van der Waals surface area contributed by atoms with Gasteiger partial charge in [-0.05, 0) is 79.6 Å². The highest BCUT2D eigenvalue weighted by Crippen LogP contribution is 2.22. The summed E-state index contributed by atoms with van der Waals surface area (Å²) in [5, 5.41) is 26.3. The molecule has 3 aromatic rings. The van der Waals surface area contributed by atoms with Crippen LogP contribution in [0, 0.1) is 0 Å². The lowest BCUT2D eigenvalue weighted by Crippen LogP contribution is -2.35. The van der Waals surface area contributed by atoms with E-state index in [1.165, 1.54) is 6.21 Å². The Kier molecular flexibility index (Phi) is 11.2. The zero-order chi connectivity index (χ0) is 28.4. The molecule has 0 saturated carbocycles. The van der Waals surface area contributed by atoms with Gasteiger partial charge in [-0.15, -0.1) is 0 Å². The minimum absolute atomic E-state index is 0.244.